The van der Waals surface area contributed by atoms with Gasteiger partial charge in [0.15, 0.2) is 0 Å². The first-order valence-corrected chi connectivity index (χ1v) is 10.0. The van der Waals surface area contributed by atoms with Crippen LogP contribution in [0.4, 0.5) is 0 Å². The number of nitrogens with one attached hydrogen (secondary N) is 2. The molecule has 0 heterocycles. The second-order valence-electron chi connectivity index (χ2n) is 6.42. The molecule has 2 rings (SSSR count). The summed E-state index contributed by atoms with van der Waals surface area (Å²) in [5.41, 5.74) is 2.48. The zero-order valence-electron chi connectivity index (χ0n) is 15.7. The van der Waals surface area contributed by atoms with Crippen molar-refractivity contribution in [1.82, 2.24) is 10.6 Å². The summed E-state index contributed by atoms with van der Waals surface area (Å²) in [4.78, 5) is 0. The Balaban J connectivity index is 1.73. The Kier molecular flexibility index (Phi) is 10.4. The van der Waals surface area contributed by atoms with Crippen LogP contribution in [0.3, 0.4) is 0 Å². The summed E-state index contributed by atoms with van der Waals surface area (Å²) in [5.74, 6) is 0. The maximum Gasteiger partial charge on any atom is 0.0590 e. The molecule has 0 aliphatic heterocycles. The molecule has 0 aromatic heterocycles. The molecule has 0 unspecified atom stereocenters. The molecule has 3 nitrogen and oxygen atoms in total. The highest BCUT2D eigenvalue weighted by Gasteiger charge is 2.12. The zero-order chi connectivity index (χ0) is 18.5. The highest BCUT2D eigenvalue weighted by Crippen LogP contribution is 2.23. The molecule has 4 heteroatoms. The second kappa shape index (κ2) is 12.9. The minimum absolute atomic E-state index is 0.167. The van der Waals surface area contributed by atoms with E-state index in [4.69, 9.17) is 16.3 Å². The van der Waals surface area contributed by atoms with Crippen LogP contribution in [-0.2, 0) is 4.74 Å². The third-order valence-electron chi connectivity index (χ3n) is 4.30. The Morgan fingerprint density at radius 1 is 0.846 bits per heavy atom. The van der Waals surface area contributed by atoms with Crippen LogP contribution in [0.1, 0.15) is 43.4 Å². The van der Waals surface area contributed by atoms with Crippen molar-refractivity contribution in [2.45, 2.75) is 32.2 Å². The Labute approximate surface area is 163 Å². The average molecular weight is 375 g/mol. The van der Waals surface area contributed by atoms with Crippen LogP contribution in [0.25, 0.3) is 0 Å². The SMILES string of the molecule is CCCCCOCCNCCN[C@@H](c1ccccc1)c1ccc(Cl)cc1. The smallest absolute Gasteiger partial charge is 0.0590 e. The van der Waals surface area contributed by atoms with Crippen molar-refractivity contribution in [3.8, 4) is 0 Å². The van der Waals surface area contributed by atoms with Crippen molar-refractivity contribution in [2.75, 3.05) is 32.8 Å². The number of ether oxygens (including phenoxy) is 1. The van der Waals surface area contributed by atoms with Gasteiger partial charge < -0.3 is 15.4 Å². The van der Waals surface area contributed by atoms with Gasteiger partial charge in [-0.05, 0) is 29.7 Å². The molecule has 0 saturated carbocycles. The molecule has 2 aromatic carbocycles. The van der Waals surface area contributed by atoms with Gasteiger partial charge in [0.05, 0.1) is 12.6 Å². The predicted molar refractivity (Wildman–Crippen MR) is 111 cm³/mol. The molecule has 0 aliphatic carbocycles. The lowest BCUT2D eigenvalue weighted by molar-refractivity contribution is 0.132. The summed E-state index contributed by atoms with van der Waals surface area (Å²) in [6.07, 6.45) is 3.66. The highest BCUT2D eigenvalue weighted by molar-refractivity contribution is 6.30. The molecule has 0 saturated heterocycles. The number of hydrogen-bond acceptors (Lipinski definition) is 3. The maximum absolute atomic E-state index is 6.04. The molecule has 2 aromatic rings. The van der Waals surface area contributed by atoms with E-state index in [1.165, 1.54) is 24.0 Å². The van der Waals surface area contributed by atoms with E-state index in [2.05, 4.69) is 54.0 Å². The summed E-state index contributed by atoms with van der Waals surface area (Å²) in [6.45, 7) is 6.56. The molecular weight excluding hydrogens is 344 g/mol. The third-order valence-corrected chi connectivity index (χ3v) is 4.55. The first-order chi connectivity index (χ1) is 12.8. The minimum atomic E-state index is 0.167. The van der Waals surface area contributed by atoms with E-state index >= 15 is 0 Å². The summed E-state index contributed by atoms with van der Waals surface area (Å²) >= 11 is 6.04. The van der Waals surface area contributed by atoms with E-state index in [9.17, 15) is 0 Å². The van der Waals surface area contributed by atoms with Gasteiger partial charge in [-0.2, -0.15) is 0 Å². The van der Waals surface area contributed by atoms with Gasteiger partial charge in [-0.1, -0.05) is 73.8 Å². The molecule has 0 aliphatic rings. The molecule has 0 bridgehead atoms. The first-order valence-electron chi connectivity index (χ1n) is 9.63. The molecule has 0 radical (unpaired) electrons. The van der Waals surface area contributed by atoms with Crippen LogP contribution < -0.4 is 10.6 Å². The van der Waals surface area contributed by atoms with Gasteiger partial charge in [-0.3, -0.25) is 0 Å². The van der Waals surface area contributed by atoms with Gasteiger partial charge >= 0.3 is 0 Å². The van der Waals surface area contributed by atoms with Crippen LogP contribution >= 0.6 is 11.6 Å². The third kappa shape index (κ3) is 7.88. The fourth-order valence-electron chi connectivity index (χ4n) is 2.86. The lowest BCUT2D eigenvalue weighted by Crippen LogP contribution is -2.32. The molecule has 26 heavy (non-hydrogen) atoms. The number of halogens is 1. The van der Waals surface area contributed by atoms with Gasteiger partial charge in [-0.25, -0.2) is 0 Å². The number of benzene rings is 2. The summed E-state index contributed by atoms with van der Waals surface area (Å²) in [7, 11) is 0. The van der Waals surface area contributed by atoms with Crippen molar-refractivity contribution < 1.29 is 4.74 Å². The van der Waals surface area contributed by atoms with Crippen molar-refractivity contribution in [3.63, 3.8) is 0 Å². The molecule has 142 valence electrons. The van der Waals surface area contributed by atoms with E-state index in [-0.39, 0.29) is 6.04 Å². The van der Waals surface area contributed by atoms with E-state index in [1.807, 2.05) is 18.2 Å². The second-order valence-corrected chi connectivity index (χ2v) is 6.86. The topological polar surface area (TPSA) is 33.3 Å². The monoisotopic (exact) mass is 374 g/mol. The number of rotatable bonds is 13. The van der Waals surface area contributed by atoms with Crippen molar-refractivity contribution in [2.24, 2.45) is 0 Å². The Bertz CT molecular complexity index is 589. The normalized spacial score (nSPS) is 12.2. The summed E-state index contributed by atoms with van der Waals surface area (Å²) in [6, 6.07) is 18.8. The van der Waals surface area contributed by atoms with Crippen molar-refractivity contribution in [1.29, 1.82) is 0 Å². The van der Waals surface area contributed by atoms with Crippen LogP contribution in [-0.4, -0.2) is 32.8 Å². The maximum atomic E-state index is 6.04. The van der Waals surface area contributed by atoms with Crippen LogP contribution in [0, 0.1) is 0 Å². The standard InChI is InChI=1S/C22H31ClN2O/c1-2-3-7-17-26-18-16-24-14-15-25-22(19-8-5-4-6-9-19)20-10-12-21(23)13-11-20/h4-6,8-13,22,24-25H,2-3,7,14-18H2,1H3/t22-/m0/s1. The largest absolute Gasteiger partial charge is 0.380 e. The molecule has 0 fully saturated rings. The fraction of sp³-hybridized carbons (Fsp3) is 0.455. The van der Waals surface area contributed by atoms with Gasteiger partial charge in [0.25, 0.3) is 0 Å². The molecule has 1 atom stereocenters. The lowest BCUT2D eigenvalue weighted by Gasteiger charge is -2.20. The van der Waals surface area contributed by atoms with Gasteiger partial charge in [0.2, 0.25) is 0 Å². The lowest BCUT2D eigenvalue weighted by atomic mass is 9.99. The number of hydrogen-bond donors (Lipinski definition) is 2. The average Bonchev–Trinajstić information content (AvgIpc) is 2.68. The van der Waals surface area contributed by atoms with E-state index in [0.717, 1.165) is 44.3 Å². The van der Waals surface area contributed by atoms with Crippen LogP contribution in [0.2, 0.25) is 5.02 Å². The molecular formula is C22H31ClN2O. The molecule has 0 amide bonds. The van der Waals surface area contributed by atoms with Crippen molar-refractivity contribution in [3.05, 3.63) is 70.7 Å². The fourth-order valence-corrected chi connectivity index (χ4v) is 2.99. The van der Waals surface area contributed by atoms with Gasteiger partial charge in [0.1, 0.15) is 0 Å². The Hall–Kier alpha value is -1.39. The zero-order valence-corrected chi connectivity index (χ0v) is 16.5. The quantitative estimate of drug-likeness (QED) is 0.493. The van der Waals surface area contributed by atoms with Crippen LogP contribution in [0.5, 0.6) is 0 Å². The van der Waals surface area contributed by atoms with E-state index < -0.39 is 0 Å². The number of unbranched alkanes of at least 4 members (excludes halogenated alkanes) is 2. The Morgan fingerprint density at radius 3 is 2.31 bits per heavy atom. The van der Waals surface area contributed by atoms with E-state index in [0.29, 0.717) is 0 Å². The molecule has 2 N–H and O–H groups in total. The predicted octanol–water partition coefficient (Wildman–Crippen LogP) is 4.82. The summed E-state index contributed by atoms with van der Waals surface area (Å²) < 4.78 is 5.62. The van der Waals surface area contributed by atoms with Gasteiger partial charge in [0, 0.05) is 31.3 Å². The van der Waals surface area contributed by atoms with Crippen molar-refractivity contribution >= 4 is 11.6 Å². The van der Waals surface area contributed by atoms with Gasteiger partial charge in [-0.15, -0.1) is 0 Å². The molecule has 0 spiro atoms. The van der Waals surface area contributed by atoms with Crippen LogP contribution in [0.15, 0.2) is 54.6 Å². The highest BCUT2D eigenvalue weighted by atomic mass is 35.5. The van der Waals surface area contributed by atoms with E-state index in [1.54, 1.807) is 0 Å². The first kappa shape index (κ1) is 20.9. The minimum Gasteiger partial charge on any atom is -0.380 e. The Morgan fingerprint density at radius 2 is 1.58 bits per heavy atom. The summed E-state index contributed by atoms with van der Waals surface area (Å²) in [5, 5.41) is 7.84.